The molecule has 1 nitrogen and oxygen atoms in total. The van der Waals surface area contributed by atoms with Crippen molar-refractivity contribution in [1.29, 1.82) is 0 Å². The number of likely N-dealkylation sites (N-methyl/N-ethyl adjacent to an activating group) is 1. The van der Waals surface area contributed by atoms with Crippen molar-refractivity contribution in [1.82, 2.24) is 4.90 Å². The molecule has 1 saturated heterocycles. The van der Waals surface area contributed by atoms with Crippen LogP contribution in [0.15, 0.2) is 24.4 Å². The van der Waals surface area contributed by atoms with Crippen LogP contribution in [0.2, 0.25) is 0 Å². The molecule has 0 bridgehead atoms. The minimum atomic E-state index is 0.214. The molecule has 2 rings (SSSR count). The van der Waals surface area contributed by atoms with Crippen LogP contribution in [0.4, 0.5) is 0 Å². The fourth-order valence-corrected chi connectivity index (χ4v) is 3.48. The van der Waals surface area contributed by atoms with Crippen molar-refractivity contribution in [2.24, 2.45) is 16.7 Å². The summed E-state index contributed by atoms with van der Waals surface area (Å²) in [6, 6.07) is 0.538. The molecule has 0 aromatic heterocycles. The fourth-order valence-electron chi connectivity index (χ4n) is 3.48. The first-order valence-corrected chi connectivity index (χ1v) is 5.91. The Hall–Kier alpha value is -0.720. The van der Waals surface area contributed by atoms with Crippen molar-refractivity contribution in [2.45, 2.75) is 40.2 Å². The smallest absolute Gasteiger partial charge is 0.0529 e. The first kappa shape index (κ1) is 10.8. The molecule has 3 unspecified atom stereocenters. The van der Waals surface area contributed by atoms with E-state index in [0.717, 1.165) is 0 Å². The van der Waals surface area contributed by atoms with Gasteiger partial charge >= 0.3 is 0 Å². The third-order valence-corrected chi connectivity index (χ3v) is 5.01. The van der Waals surface area contributed by atoms with Crippen LogP contribution in [0, 0.1) is 16.7 Å². The predicted molar refractivity (Wildman–Crippen MR) is 65.5 cm³/mol. The maximum atomic E-state index is 4.27. The van der Waals surface area contributed by atoms with Crippen LogP contribution in [0.1, 0.15) is 34.1 Å². The van der Waals surface area contributed by atoms with E-state index in [4.69, 9.17) is 0 Å². The lowest BCUT2D eigenvalue weighted by Gasteiger charge is -2.44. The number of hydrogen-bond donors (Lipinski definition) is 0. The van der Waals surface area contributed by atoms with E-state index in [1.165, 1.54) is 12.1 Å². The monoisotopic (exact) mass is 205 g/mol. The second kappa shape index (κ2) is 2.90. The molecule has 1 fully saturated rings. The highest BCUT2D eigenvalue weighted by molar-refractivity contribution is 5.29. The molecule has 1 aliphatic carbocycles. The van der Waals surface area contributed by atoms with Crippen LogP contribution in [-0.4, -0.2) is 18.0 Å². The third-order valence-electron chi connectivity index (χ3n) is 5.01. The van der Waals surface area contributed by atoms with Crippen molar-refractivity contribution < 1.29 is 0 Å². The minimum absolute atomic E-state index is 0.214. The Morgan fingerprint density at radius 2 is 1.93 bits per heavy atom. The number of nitrogens with zero attached hydrogens (tertiary/aromatic N) is 1. The van der Waals surface area contributed by atoms with E-state index in [2.05, 4.69) is 58.4 Å². The third kappa shape index (κ3) is 1.15. The fraction of sp³-hybridized carbons (Fsp3) is 0.714. The van der Waals surface area contributed by atoms with Gasteiger partial charge in [-0.05, 0) is 12.3 Å². The topological polar surface area (TPSA) is 3.24 Å². The first-order valence-electron chi connectivity index (χ1n) is 5.91. The molecule has 0 N–H and O–H groups in total. The highest BCUT2D eigenvalue weighted by atomic mass is 15.2. The zero-order chi connectivity index (χ0) is 11.4. The molecule has 0 aromatic rings. The lowest BCUT2D eigenvalue weighted by molar-refractivity contribution is 0.104. The molecule has 1 heterocycles. The van der Waals surface area contributed by atoms with Gasteiger partial charge in [-0.1, -0.05) is 46.4 Å². The van der Waals surface area contributed by atoms with Crippen molar-refractivity contribution in [3.8, 4) is 0 Å². The van der Waals surface area contributed by atoms with Crippen molar-refractivity contribution in [2.75, 3.05) is 7.05 Å². The van der Waals surface area contributed by atoms with Gasteiger partial charge in [0, 0.05) is 23.6 Å². The second-order valence-electron chi connectivity index (χ2n) is 6.11. The van der Waals surface area contributed by atoms with Crippen molar-refractivity contribution >= 4 is 0 Å². The Kier molecular flexibility index (Phi) is 2.09. The summed E-state index contributed by atoms with van der Waals surface area (Å²) < 4.78 is 0. The number of likely N-dealkylation sites (tertiary alicyclic amines) is 1. The van der Waals surface area contributed by atoms with Gasteiger partial charge in [0.05, 0.1) is 6.04 Å². The molecule has 0 amide bonds. The summed E-state index contributed by atoms with van der Waals surface area (Å²) in [4.78, 5) is 2.36. The summed E-state index contributed by atoms with van der Waals surface area (Å²) in [5.74, 6) is 0.699. The molecular formula is C14H23N. The number of hydrogen-bond acceptors (Lipinski definition) is 1. The number of rotatable bonds is 0. The zero-order valence-electron chi connectivity index (χ0n) is 10.7. The van der Waals surface area contributed by atoms with E-state index < -0.39 is 0 Å². The molecule has 0 saturated carbocycles. The van der Waals surface area contributed by atoms with E-state index >= 15 is 0 Å². The molecule has 0 aromatic carbocycles. The normalized spacial score (nSPS) is 43.3. The quantitative estimate of drug-likeness (QED) is 0.548. The Labute approximate surface area is 93.9 Å². The van der Waals surface area contributed by atoms with Gasteiger partial charge in [0.15, 0.2) is 0 Å². The lowest BCUT2D eigenvalue weighted by Crippen LogP contribution is -2.42. The SMILES string of the molecule is C=C1N(C)C2C=CC(C)CC2(C)C1(C)C. The van der Waals surface area contributed by atoms with Gasteiger partial charge in [-0.3, -0.25) is 0 Å². The Morgan fingerprint density at radius 1 is 1.33 bits per heavy atom. The maximum absolute atomic E-state index is 4.27. The van der Waals surface area contributed by atoms with E-state index in [-0.39, 0.29) is 5.41 Å². The summed E-state index contributed by atoms with van der Waals surface area (Å²) in [7, 11) is 2.18. The van der Waals surface area contributed by atoms with Crippen LogP contribution in [0.3, 0.4) is 0 Å². The second-order valence-corrected chi connectivity index (χ2v) is 6.11. The predicted octanol–water partition coefficient (Wildman–Crippen LogP) is 3.44. The average Bonchev–Trinajstić information content (AvgIpc) is 2.26. The lowest BCUT2D eigenvalue weighted by atomic mass is 9.59. The molecule has 3 atom stereocenters. The van der Waals surface area contributed by atoms with E-state index in [0.29, 0.717) is 17.4 Å². The Bertz CT molecular complexity index is 326. The van der Waals surface area contributed by atoms with Crippen LogP contribution < -0.4 is 0 Å². The van der Waals surface area contributed by atoms with Crippen LogP contribution in [0.25, 0.3) is 0 Å². The van der Waals surface area contributed by atoms with Gasteiger partial charge in [-0.25, -0.2) is 0 Å². The molecule has 0 radical (unpaired) electrons. The standard InChI is InChI=1S/C14H23N/c1-10-7-8-12-14(5,9-10)13(3,4)11(2)15(12)6/h7-8,10,12H,2,9H2,1,3-6H3. The van der Waals surface area contributed by atoms with Gasteiger partial charge in [-0.15, -0.1) is 0 Å². The molecule has 2 aliphatic rings. The van der Waals surface area contributed by atoms with Gasteiger partial charge in [0.1, 0.15) is 0 Å². The molecule has 15 heavy (non-hydrogen) atoms. The first-order chi connectivity index (χ1) is 6.80. The Morgan fingerprint density at radius 3 is 2.53 bits per heavy atom. The van der Waals surface area contributed by atoms with Gasteiger partial charge in [0.25, 0.3) is 0 Å². The Balaban J connectivity index is 2.50. The average molecular weight is 205 g/mol. The minimum Gasteiger partial charge on any atom is -0.371 e. The molecule has 1 aliphatic heterocycles. The van der Waals surface area contributed by atoms with E-state index in [1.807, 2.05) is 0 Å². The molecule has 84 valence electrons. The molecular weight excluding hydrogens is 182 g/mol. The zero-order valence-corrected chi connectivity index (χ0v) is 10.7. The highest BCUT2D eigenvalue weighted by Gasteiger charge is 2.57. The van der Waals surface area contributed by atoms with Crippen molar-refractivity contribution in [3.05, 3.63) is 24.4 Å². The van der Waals surface area contributed by atoms with Crippen LogP contribution in [-0.2, 0) is 0 Å². The summed E-state index contributed by atoms with van der Waals surface area (Å²) in [6.07, 6.45) is 6.01. The number of fused-ring (bicyclic) bond motifs is 1. The number of allylic oxidation sites excluding steroid dienone is 2. The maximum Gasteiger partial charge on any atom is 0.0529 e. The van der Waals surface area contributed by atoms with Crippen LogP contribution in [0.5, 0.6) is 0 Å². The summed E-state index contributed by atoms with van der Waals surface area (Å²) >= 11 is 0. The van der Waals surface area contributed by atoms with Gasteiger partial charge < -0.3 is 4.90 Å². The largest absolute Gasteiger partial charge is 0.371 e. The van der Waals surface area contributed by atoms with Gasteiger partial charge in [-0.2, -0.15) is 0 Å². The van der Waals surface area contributed by atoms with Crippen molar-refractivity contribution in [3.63, 3.8) is 0 Å². The van der Waals surface area contributed by atoms with E-state index in [9.17, 15) is 0 Å². The molecule has 0 spiro atoms. The highest BCUT2D eigenvalue weighted by Crippen LogP contribution is 2.59. The van der Waals surface area contributed by atoms with Crippen LogP contribution >= 0.6 is 0 Å². The summed E-state index contributed by atoms with van der Waals surface area (Å²) in [6.45, 7) is 13.7. The van der Waals surface area contributed by atoms with E-state index in [1.54, 1.807) is 0 Å². The summed E-state index contributed by atoms with van der Waals surface area (Å²) in [5, 5.41) is 0. The summed E-state index contributed by atoms with van der Waals surface area (Å²) in [5.41, 5.74) is 1.84. The molecule has 1 heteroatoms. The van der Waals surface area contributed by atoms with Gasteiger partial charge in [0.2, 0.25) is 0 Å².